The maximum absolute atomic E-state index is 14.2. The number of phosphoric acid groups is 1. The van der Waals surface area contributed by atoms with Gasteiger partial charge in [-0.05, 0) is 43.3 Å². The molecule has 3 heterocycles. The first-order valence-corrected chi connectivity index (χ1v) is 22.0. The summed E-state index contributed by atoms with van der Waals surface area (Å²) in [7, 11) is -4.49. The van der Waals surface area contributed by atoms with E-state index < -0.39 is 50.3 Å². The number of aromatic nitrogens is 4. The molecule has 2 amide bonds. The number of H-pyrrole nitrogens is 1. The Morgan fingerprint density at radius 3 is 2.33 bits per heavy atom. The van der Waals surface area contributed by atoms with Gasteiger partial charge in [-0.3, -0.25) is 47.9 Å². The molecule has 5 aromatic rings. The van der Waals surface area contributed by atoms with Crippen LogP contribution in [0.15, 0.2) is 90.0 Å². The maximum atomic E-state index is 14.2. The number of carbonyl (C=O) groups excluding carboxylic acids is 5. The SMILES string of the molecule is CC(=O)CCC(=O)O[C@H]1C[C@H](n2cnc3c(=O)[nH]c(NC(=O)C(C)C)nc32)O[C@@H]1COP(=O)(OCCOCCNC(=O)c1ccc(C(=O)c2ccccc2)cc1)Oc1ccc(Cl)cc1. The average molecular weight is 921 g/mol. The standard InChI is InChI=1S/C43H46ClN6O13P/c1-26(2)40(54)48-43-47-39-37(42(56)49-43)46-25-50(39)35-23-33(62-36(52)18-9-27(3)51)34(61-35)24-60-64(57,63-32-16-14-31(44)15-17-32)59-22-21-58-20-19-45-41(55)30-12-10-29(11-13-30)38(53)28-7-5-4-6-8-28/h4-8,10-17,25-26,33-35H,9,18-24H2,1-3H3,(H,45,55)(H2,47,48,49,54,56)/t33-,34+,35+,64?/m0/s1. The van der Waals surface area contributed by atoms with Gasteiger partial charge >= 0.3 is 13.8 Å². The summed E-state index contributed by atoms with van der Waals surface area (Å²) in [6.45, 7) is 3.99. The van der Waals surface area contributed by atoms with E-state index in [1.165, 1.54) is 42.1 Å². The van der Waals surface area contributed by atoms with E-state index >= 15 is 0 Å². The molecule has 0 aliphatic carbocycles. The van der Waals surface area contributed by atoms with Gasteiger partial charge in [0, 0.05) is 47.0 Å². The first kappa shape index (κ1) is 47.4. The number of fused-ring (bicyclic) bond motifs is 1. The number of carbonyl (C=O) groups is 5. The lowest BCUT2D eigenvalue weighted by atomic mass is 10.0. The van der Waals surface area contributed by atoms with Gasteiger partial charge < -0.3 is 28.8 Å². The van der Waals surface area contributed by atoms with Crippen LogP contribution in [0.3, 0.4) is 0 Å². The smallest absolute Gasteiger partial charge is 0.459 e. The quantitative estimate of drug-likeness (QED) is 0.0320. The summed E-state index contributed by atoms with van der Waals surface area (Å²) in [5.41, 5.74) is 0.711. The molecule has 4 atom stereocenters. The molecule has 6 rings (SSSR count). The highest BCUT2D eigenvalue weighted by Gasteiger charge is 2.42. The number of amides is 2. The zero-order valence-electron chi connectivity index (χ0n) is 35.0. The number of imidazole rings is 1. The number of rotatable bonds is 22. The number of aromatic amines is 1. The van der Waals surface area contributed by atoms with Gasteiger partial charge in [-0.1, -0.05) is 67.9 Å². The van der Waals surface area contributed by atoms with Gasteiger partial charge in [-0.25, -0.2) is 9.55 Å². The second kappa shape index (κ2) is 22.0. The molecule has 1 fully saturated rings. The number of hydrogen-bond donors (Lipinski definition) is 3. The zero-order valence-corrected chi connectivity index (χ0v) is 36.7. The van der Waals surface area contributed by atoms with Crippen LogP contribution in [0.4, 0.5) is 5.95 Å². The Morgan fingerprint density at radius 2 is 1.62 bits per heavy atom. The number of ether oxygens (including phenoxy) is 3. The van der Waals surface area contributed by atoms with Crippen LogP contribution in [0, 0.1) is 5.92 Å². The summed E-state index contributed by atoms with van der Waals surface area (Å²) in [5.74, 6) is -2.27. The van der Waals surface area contributed by atoms with Gasteiger partial charge in [0.05, 0.1) is 39.2 Å². The van der Waals surface area contributed by atoms with E-state index in [9.17, 15) is 33.3 Å². The fourth-order valence-corrected chi connectivity index (χ4v) is 7.48. The Bertz CT molecular complexity index is 2550. The molecule has 0 bridgehead atoms. The predicted molar refractivity (Wildman–Crippen MR) is 231 cm³/mol. The molecule has 0 saturated carbocycles. The molecule has 2 aromatic heterocycles. The van der Waals surface area contributed by atoms with Crippen LogP contribution in [0.1, 0.15) is 72.5 Å². The minimum absolute atomic E-state index is 0.0136. The highest BCUT2D eigenvalue weighted by Crippen LogP contribution is 2.50. The van der Waals surface area contributed by atoms with Gasteiger partial charge in [0.1, 0.15) is 30.0 Å². The van der Waals surface area contributed by atoms with Crippen molar-refractivity contribution >= 4 is 65.9 Å². The molecule has 1 unspecified atom stereocenters. The fraction of sp³-hybridized carbons (Fsp3) is 0.349. The molecule has 1 aliphatic heterocycles. The fourth-order valence-electron chi connectivity index (χ4n) is 6.17. The molecule has 3 aromatic carbocycles. The maximum Gasteiger partial charge on any atom is 0.530 e. The van der Waals surface area contributed by atoms with Crippen LogP contribution in [0.5, 0.6) is 5.75 Å². The van der Waals surface area contributed by atoms with Gasteiger partial charge in [0.2, 0.25) is 11.9 Å². The molecule has 3 N–H and O–H groups in total. The number of ketones is 2. The van der Waals surface area contributed by atoms with E-state index in [0.29, 0.717) is 21.7 Å². The number of nitrogens with zero attached hydrogens (tertiary/aromatic N) is 3. The second-order valence-corrected chi connectivity index (χ2v) is 16.8. The predicted octanol–water partition coefficient (Wildman–Crippen LogP) is 5.83. The zero-order chi connectivity index (χ0) is 45.8. The topological polar surface area (TPSA) is 245 Å². The number of halogens is 1. The number of nitrogens with one attached hydrogen (secondary N) is 3. The lowest BCUT2D eigenvalue weighted by Gasteiger charge is -2.23. The minimum atomic E-state index is -4.49. The van der Waals surface area contributed by atoms with Gasteiger partial charge in [0.25, 0.3) is 11.5 Å². The largest absolute Gasteiger partial charge is 0.530 e. The number of esters is 1. The van der Waals surface area contributed by atoms with Crippen molar-refractivity contribution in [2.45, 2.75) is 58.5 Å². The molecule has 0 radical (unpaired) electrons. The van der Waals surface area contributed by atoms with Crippen molar-refractivity contribution in [3.8, 4) is 5.75 Å². The van der Waals surface area contributed by atoms with E-state index in [1.807, 2.05) is 6.07 Å². The molecule has 19 nitrogen and oxygen atoms in total. The van der Waals surface area contributed by atoms with Crippen LogP contribution >= 0.6 is 19.4 Å². The monoisotopic (exact) mass is 920 g/mol. The summed E-state index contributed by atoms with van der Waals surface area (Å²) in [5, 5.41) is 5.67. The van der Waals surface area contributed by atoms with E-state index in [4.69, 9.17) is 39.4 Å². The van der Waals surface area contributed by atoms with E-state index in [1.54, 1.807) is 62.4 Å². The van der Waals surface area contributed by atoms with Crippen molar-refractivity contribution in [3.63, 3.8) is 0 Å². The van der Waals surface area contributed by atoms with Gasteiger partial charge in [-0.15, -0.1) is 0 Å². The highest BCUT2D eigenvalue weighted by molar-refractivity contribution is 7.48. The third-order valence-electron chi connectivity index (χ3n) is 9.54. The molecule has 1 aliphatic rings. The Labute approximate surface area is 371 Å². The van der Waals surface area contributed by atoms with Crippen molar-refractivity contribution in [2.24, 2.45) is 5.92 Å². The normalized spacial score (nSPS) is 16.9. The summed E-state index contributed by atoms with van der Waals surface area (Å²) < 4.78 is 50.3. The molecule has 0 spiro atoms. The van der Waals surface area contributed by atoms with Gasteiger partial charge in [0.15, 0.2) is 16.9 Å². The van der Waals surface area contributed by atoms with Crippen LogP contribution in [0.25, 0.3) is 11.2 Å². The van der Waals surface area contributed by atoms with Crippen molar-refractivity contribution in [1.29, 1.82) is 0 Å². The molecular weight excluding hydrogens is 875 g/mol. The average Bonchev–Trinajstić information content (AvgIpc) is 3.89. The van der Waals surface area contributed by atoms with Crippen molar-refractivity contribution in [2.75, 3.05) is 38.3 Å². The number of benzene rings is 3. The van der Waals surface area contributed by atoms with Crippen LogP contribution in [-0.2, 0) is 42.2 Å². The number of Topliss-reactive ketones (excluding diaryl/α,β-unsaturated/α-hetero) is 1. The number of hydrogen-bond acceptors (Lipinski definition) is 15. The molecule has 64 heavy (non-hydrogen) atoms. The first-order valence-electron chi connectivity index (χ1n) is 20.2. The second-order valence-electron chi connectivity index (χ2n) is 14.7. The van der Waals surface area contributed by atoms with E-state index in [0.717, 1.165) is 0 Å². The Balaban J connectivity index is 1.08. The highest BCUT2D eigenvalue weighted by atomic mass is 35.5. The van der Waals surface area contributed by atoms with E-state index in [-0.39, 0.29) is 91.9 Å². The van der Waals surface area contributed by atoms with Gasteiger partial charge in [-0.2, -0.15) is 4.98 Å². The van der Waals surface area contributed by atoms with E-state index in [2.05, 4.69) is 25.6 Å². The van der Waals surface area contributed by atoms with Crippen molar-refractivity contribution in [3.05, 3.63) is 117 Å². The van der Waals surface area contributed by atoms with Crippen LogP contribution < -0.4 is 20.7 Å². The summed E-state index contributed by atoms with van der Waals surface area (Å²) >= 11 is 6.04. The third-order valence-corrected chi connectivity index (χ3v) is 11.2. The molecule has 21 heteroatoms. The summed E-state index contributed by atoms with van der Waals surface area (Å²) in [6, 6.07) is 21.0. The molecular formula is C43H46ClN6O13P. The van der Waals surface area contributed by atoms with Crippen molar-refractivity contribution in [1.82, 2.24) is 24.8 Å². The Hall–Kier alpha value is -6.08. The third kappa shape index (κ3) is 13.0. The lowest BCUT2D eigenvalue weighted by Crippen LogP contribution is -2.31. The number of anilines is 1. The first-order chi connectivity index (χ1) is 30.7. The lowest BCUT2D eigenvalue weighted by molar-refractivity contribution is -0.153. The summed E-state index contributed by atoms with van der Waals surface area (Å²) in [6.07, 6.45) is -2.05. The minimum Gasteiger partial charge on any atom is -0.459 e. The van der Waals surface area contributed by atoms with Crippen LogP contribution in [-0.4, -0.2) is 94.0 Å². The Morgan fingerprint density at radius 1 is 0.922 bits per heavy atom. The summed E-state index contributed by atoms with van der Waals surface area (Å²) in [4.78, 5) is 86.2. The van der Waals surface area contributed by atoms with Crippen molar-refractivity contribution < 1.29 is 56.3 Å². The Kier molecular flexibility index (Phi) is 16.3. The van der Waals surface area contributed by atoms with Crippen LogP contribution in [0.2, 0.25) is 5.02 Å². The molecule has 338 valence electrons. The number of phosphoric ester groups is 1. The molecule has 1 saturated heterocycles.